The minimum Gasteiger partial charge on any atom is -0.394 e. The molecule has 1 saturated heterocycles. The van der Waals surface area contributed by atoms with Gasteiger partial charge in [0.05, 0.1) is 23.7 Å². The highest BCUT2D eigenvalue weighted by Crippen LogP contribution is 2.31. The number of aromatic nitrogens is 3. The number of hydrogen-bond donors (Lipinski definition) is 4. The summed E-state index contributed by atoms with van der Waals surface area (Å²) in [7, 11) is 0. The summed E-state index contributed by atoms with van der Waals surface area (Å²) in [6.07, 6.45) is -1.08. The van der Waals surface area contributed by atoms with Gasteiger partial charge in [-0.2, -0.15) is 5.10 Å². The number of rotatable bonds is 2. The van der Waals surface area contributed by atoms with Crippen molar-refractivity contribution in [3.63, 3.8) is 0 Å². The second kappa shape index (κ2) is 4.42. The van der Waals surface area contributed by atoms with Gasteiger partial charge in [0.1, 0.15) is 18.3 Å². The van der Waals surface area contributed by atoms with Crippen LogP contribution in [0.3, 0.4) is 0 Å². The first-order valence-corrected chi connectivity index (χ1v) is 5.80. The van der Waals surface area contributed by atoms with Crippen LogP contribution in [0.1, 0.15) is 6.23 Å². The monoisotopic (exact) mass is 267 g/mol. The minimum atomic E-state index is -1.19. The SMILES string of the molecule is O=c1[nH]ncc2c1ccn2[C@@H]1O[C@H](CO)[C@@H](O)[C@H]1O. The maximum absolute atomic E-state index is 11.5. The van der Waals surface area contributed by atoms with E-state index in [1.807, 2.05) is 0 Å². The lowest BCUT2D eigenvalue weighted by molar-refractivity contribution is -0.0506. The predicted octanol–water partition coefficient (Wildman–Crippen LogP) is -1.66. The van der Waals surface area contributed by atoms with Crippen LogP contribution >= 0.6 is 0 Å². The Morgan fingerprint density at radius 2 is 2.21 bits per heavy atom. The number of aromatic amines is 1. The molecule has 0 aromatic carbocycles. The Labute approximate surface area is 106 Å². The summed E-state index contributed by atoms with van der Waals surface area (Å²) in [5.74, 6) is 0. The van der Waals surface area contributed by atoms with Crippen LogP contribution in [0.2, 0.25) is 0 Å². The van der Waals surface area contributed by atoms with Crippen molar-refractivity contribution in [2.45, 2.75) is 24.5 Å². The Hall–Kier alpha value is -1.74. The van der Waals surface area contributed by atoms with Crippen molar-refractivity contribution in [2.24, 2.45) is 0 Å². The molecule has 19 heavy (non-hydrogen) atoms. The maximum Gasteiger partial charge on any atom is 0.273 e. The lowest BCUT2D eigenvalue weighted by atomic mass is 10.1. The number of aliphatic hydroxyl groups excluding tert-OH is 3. The van der Waals surface area contributed by atoms with E-state index in [2.05, 4.69) is 10.2 Å². The Bertz CT molecular complexity index is 651. The van der Waals surface area contributed by atoms with Gasteiger partial charge in [0, 0.05) is 6.20 Å². The number of aliphatic hydroxyl groups is 3. The molecule has 4 N–H and O–H groups in total. The van der Waals surface area contributed by atoms with E-state index >= 15 is 0 Å². The Balaban J connectivity index is 2.06. The average Bonchev–Trinajstić information content (AvgIpc) is 2.94. The predicted molar refractivity (Wildman–Crippen MR) is 63.4 cm³/mol. The molecule has 3 rings (SSSR count). The highest BCUT2D eigenvalue weighted by molar-refractivity contribution is 5.78. The van der Waals surface area contributed by atoms with E-state index < -0.39 is 31.1 Å². The number of fused-ring (bicyclic) bond motifs is 1. The molecule has 0 spiro atoms. The van der Waals surface area contributed by atoms with Crippen molar-refractivity contribution in [3.05, 3.63) is 28.8 Å². The molecule has 3 heterocycles. The summed E-state index contributed by atoms with van der Waals surface area (Å²) in [6, 6.07) is 1.57. The molecule has 1 aliphatic heterocycles. The van der Waals surface area contributed by atoms with Crippen molar-refractivity contribution < 1.29 is 20.1 Å². The highest BCUT2D eigenvalue weighted by Gasteiger charge is 2.43. The van der Waals surface area contributed by atoms with Crippen LogP contribution in [0, 0.1) is 0 Å². The minimum absolute atomic E-state index is 0.344. The molecule has 8 nitrogen and oxygen atoms in total. The number of nitrogens with zero attached hydrogens (tertiary/aromatic N) is 2. The molecule has 1 aliphatic rings. The summed E-state index contributed by atoms with van der Waals surface area (Å²) in [5.41, 5.74) is 0.140. The van der Waals surface area contributed by atoms with E-state index in [4.69, 9.17) is 9.84 Å². The van der Waals surface area contributed by atoms with Gasteiger partial charge in [-0.05, 0) is 6.07 Å². The summed E-state index contributed by atoms with van der Waals surface area (Å²) < 4.78 is 6.92. The number of ether oxygens (including phenoxy) is 1. The fraction of sp³-hybridized carbons (Fsp3) is 0.455. The van der Waals surface area contributed by atoms with E-state index in [9.17, 15) is 15.0 Å². The Morgan fingerprint density at radius 3 is 2.89 bits per heavy atom. The highest BCUT2D eigenvalue weighted by atomic mass is 16.6. The van der Waals surface area contributed by atoms with Gasteiger partial charge in [-0.1, -0.05) is 0 Å². The number of H-pyrrole nitrogens is 1. The molecular formula is C11H13N3O5. The van der Waals surface area contributed by atoms with Gasteiger partial charge in [0.2, 0.25) is 0 Å². The second-order valence-corrected chi connectivity index (χ2v) is 4.45. The third-order valence-electron chi connectivity index (χ3n) is 3.34. The van der Waals surface area contributed by atoms with Crippen molar-refractivity contribution in [1.82, 2.24) is 14.8 Å². The molecule has 1 fully saturated rings. The standard InChI is InChI=1S/C11H13N3O5/c15-4-7-8(16)9(17)11(19-7)14-2-1-5-6(14)3-12-13-10(5)18/h1-3,7-9,11,15-17H,4H2,(H,13,18)/t7-,8-,9-,11-/m1/s1. The van der Waals surface area contributed by atoms with E-state index in [0.29, 0.717) is 10.9 Å². The third-order valence-corrected chi connectivity index (χ3v) is 3.34. The molecule has 0 bridgehead atoms. The fourth-order valence-corrected chi connectivity index (χ4v) is 2.33. The van der Waals surface area contributed by atoms with Gasteiger partial charge in [-0.25, -0.2) is 5.10 Å². The average molecular weight is 267 g/mol. The zero-order valence-electron chi connectivity index (χ0n) is 9.80. The first-order valence-electron chi connectivity index (χ1n) is 5.80. The maximum atomic E-state index is 11.5. The van der Waals surface area contributed by atoms with Crippen LogP contribution in [-0.4, -0.2) is 55.0 Å². The third kappa shape index (κ3) is 1.77. The van der Waals surface area contributed by atoms with E-state index in [1.165, 1.54) is 10.8 Å². The fourth-order valence-electron chi connectivity index (χ4n) is 2.33. The zero-order valence-corrected chi connectivity index (χ0v) is 9.80. The number of nitrogens with one attached hydrogen (secondary N) is 1. The Morgan fingerprint density at radius 1 is 1.42 bits per heavy atom. The lowest BCUT2D eigenvalue weighted by Gasteiger charge is -2.17. The van der Waals surface area contributed by atoms with Crippen molar-refractivity contribution in [1.29, 1.82) is 0 Å². The smallest absolute Gasteiger partial charge is 0.273 e. The number of hydrogen-bond acceptors (Lipinski definition) is 6. The molecule has 8 heteroatoms. The molecule has 0 aliphatic carbocycles. The second-order valence-electron chi connectivity index (χ2n) is 4.45. The van der Waals surface area contributed by atoms with E-state index in [0.717, 1.165) is 0 Å². The van der Waals surface area contributed by atoms with Crippen molar-refractivity contribution >= 4 is 10.9 Å². The van der Waals surface area contributed by atoms with Gasteiger partial charge < -0.3 is 24.6 Å². The first-order chi connectivity index (χ1) is 9.13. The molecule has 102 valence electrons. The van der Waals surface area contributed by atoms with E-state index in [-0.39, 0.29) is 5.56 Å². The van der Waals surface area contributed by atoms with Crippen molar-refractivity contribution in [2.75, 3.05) is 6.61 Å². The Kier molecular flexibility index (Phi) is 2.86. The van der Waals surface area contributed by atoms with E-state index in [1.54, 1.807) is 12.3 Å². The first kappa shape index (κ1) is 12.3. The van der Waals surface area contributed by atoms with Gasteiger partial charge >= 0.3 is 0 Å². The van der Waals surface area contributed by atoms with Crippen LogP contribution in [0.4, 0.5) is 0 Å². The molecule has 0 saturated carbocycles. The quantitative estimate of drug-likeness (QED) is 0.516. The topological polar surface area (TPSA) is 121 Å². The van der Waals surface area contributed by atoms with Crippen molar-refractivity contribution in [3.8, 4) is 0 Å². The van der Waals surface area contributed by atoms with Gasteiger partial charge in [-0.3, -0.25) is 4.79 Å². The van der Waals surface area contributed by atoms with Crippen LogP contribution in [0.15, 0.2) is 23.3 Å². The summed E-state index contributed by atoms with van der Waals surface area (Å²) in [5, 5.41) is 35.1. The van der Waals surface area contributed by atoms with Crippen LogP contribution in [0.5, 0.6) is 0 Å². The lowest BCUT2D eigenvalue weighted by Crippen LogP contribution is -2.33. The van der Waals surface area contributed by atoms with Crippen LogP contribution in [-0.2, 0) is 4.74 Å². The molecule has 2 aromatic heterocycles. The normalized spacial score (nSPS) is 31.1. The largest absolute Gasteiger partial charge is 0.394 e. The molecule has 0 amide bonds. The van der Waals surface area contributed by atoms with Crippen LogP contribution in [0.25, 0.3) is 10.9 Å². The van der Waals surface area contributed by atoms with Crippen LogP contribution < -0.4 is 5.56 Å². The summed E-state index contributed by atoms with van der Waals surface area (Å²) >= 11 is 0. The van der Waals surface area contributed by atoms with Gasteiger partial charge in [-0.15, -0.1) is 0 Å². The molecule has 2 aromatic rings. The summed E-state index contributed by atoms with van der Waals surface area (Å²) in [6.45, 7) is -0.396. The van der Waals surface area contributed by atoms with Gasteiger partial charge in [0.25, 0.3) is 5.56 Å². The van der Waals surface area contributed by atoms with Gasteiger partial charge in [0.15, 0.2) is 6.23 Å². The zero-order chi connectivity index (χ0) is 13.6. The molecule has 4 atom stereocenters. The molecular weight excluding hydrogens is 254 g/mol. The molecule has 0 radical (unpaired) electrons. The molecule has 0 unspecified atom stereocenters. The summed E-state index contributed by atoms with van der Waals surface area (Å²) in [4.78, 5) is 11.5.